The van der Waals surface area contributed by atoms with Crippen molar-refractivity contribution in [2.75, 3.05) is 6.54 Å². The van der Waals surface area contributed by atoms with E-state index >= 15 is 0 Å². The normalized spacial score (nSPS) is 23.1. The molecule has 2 amide bonds. The third-order valence-electron chi connectivity index (χ3n) is 5.71. The Morgan fingerprint density at radius 1 is 1.21 bits per heavy atom. The zero-order valence-corrected chi connectivity index (χ0v) is 18.3. The second-order valence-corrected chi connectivity index (χ2v) is 10.7. The largest absolute Gasteiger partial charge is 0.356 e. The number of carbonyl (C=O) groups excluding carboxylic acids is 2. The molecule has 1 aliphatic heterocycles. The average Bonchev–Trinajstić information content (AvgIpc) is 2.68. The molecule has 0 aromatic heterocycles. The summed E-state index contributed by atoms with van der Waals surface area (Å²) in [5, 5.41) is 14.4. The molecule has 9 heteroatoms. The van der Waals surface area contributed by atoms with Gasteiger partial charge in [-0.1, -0.05) is 33.1 Å². The molecule has 1 saturated carbocycles. The first-order valence-corrected chi connectivity index (χ1v) is 12.3. The number of hydrogen-bond donors (Lipinski definition) is 3. The summed E-state index contributed by atoms with van der Waals surface area (Å²) in [6, 6.07) is 0.299. The first kappa shape index (κ1) is 23.6. The van der Waals surface area contributed by atoms with Crippen molar-refractivity contribution in [3.8, 4) is 6.07 Å². The average molecular weight is 427 g/mol. The van der Waals surface area contributed by atoms with Crippen LogP contribution in [0.4, 0.5) is 0 Å². The summed E-state index contributed by atoms with van der Waals surface area (Å²) in [5.74, 6) is -0.802. The van der Waals surface area contributed by atoms with Gasteiger partial charge >= 0.3 is 0 Å². The maximum absolute atomic E-state index is 12.8. The van der Waals surface area contributed by atoms with Gasteiger partial charge in [0, 0.05) is 12.5 Å². The lowest BCUT2D eigenvalue weighted by Crippen LogP contribution is -2.52. The second kappa shape index (κ2) is 10.9. The first-order chi connectivity index (χ1) is 13.7. The Bertz CT molecular complexity index is 710. The number of amides is 2. The summed E-state index contributed by atoms with van der Waals surface area (Å²) in [5.41, 5.74) is 0. The number of hydrogen-bond acceptors (Lipinski definition) is 5. The Labute approximate surface area is 174 Å². The van der Waals surface area contributed by atoms with Crippen LogP contribution in [0.3, 0.4) is 0 Å². The van der Waals surface area contributed by atoms with Crippen molar-refractivity contribution in [3.63, 3.8) is 0 Å². The fourth-order valence-electron chi connectivity index (χ4n) is 4.11. The molecule has 3 atom stereocenters. The molecule has 3 N–H and O–H groups in total. The van der Waals surface area contributed by atoms with Crippen LogP contribution in [0.2, 0.25) is 0 Å². The number of rotatable bonds is 9. The highest BCUT2D eigenvalue weighted by molar-refractivity contribution is 7.90. The van der Waals surface area contributed by atoms with Gasteiger partial charge in [0.1, 0.15) is 12.1 Å². The van der Waals surface area contributed by atoms with Gasteiger partial charge in [-0.2, -0.15) is 5.26 Å². The van der Waals surface area contributed by atoms with Gasteiger partial charge in [-0.25, -0.2) is 13.1 Å². The van der Waals surface area contributed by atoms with Crippen molar-refractivity contribution < 1.29 is 18.0 Å². The third-order valence-corrected chi connectivity index (χ3v) is 7.68. The molecule has 1 aliphatic carbocycles. The molecule has 0 aromatic carbocycles. The van der Waals surface area contributed by atoms with E-state index in [4.69, 9.17) is 0 Å². The summed E-state index contributed by atoms with van der Waals surface area (Å²) in [6.45, 7) is 4.48. The SMILES string of the molecule is CC(C)C[C@H](NS(=O)(=O)C1CCCCC1)C(=O)N[C@H](C#N)C[C@@H]1CCCNC1=O. The van der Waals surface area contributed by atoms with Crippen LogP contribution in [0.15, 0.2) is 0 Å². The maximum Gasteiger partial charge on any atom is 0.239 e. The van der Waals surface area contributed by atoms with Gasteiger partial charge in [0.15, 0.2) is 0 Å². The molecule has 1 heterocycles. The highest BCUT2D eigenvalue weighted by Crippen LogP contribution is 2.24. The monoisotopic (exact) mass is 426 g/mol. The van der Waals surface area contributed by atoms with Crippen LogP contribution < -0.4 is 15.4 Å². The van der Waals surface area contributed by atoms with Gasteiger partial charge in [0.2, 0.25) is 21.8 Å². The van der Waals surface area contributed by atoms with Crippen molar-refractivity contribution in [1.29, 1.82) is 5.26 Å². The Balaban J connectivity index is 2.02. The molecule has 164 valence electrons. The number of carbonyl (C=O) groups is 2. The smallest absolute Gasteiger partial charge is 0.239 e. The standard InChI is InChI=1S/C20H34N4O4S/c1-14(2)11-18(24-29(27,28)17-8-4-3-5-9-17)20(26)23-16(13-21)12-15-7-6-10-22-19(15)25/h14-18,24H,3-12H2,1-2H3,(H,22,25)(H,23,26)/t15-,16-,18-/m0/s1. The van der Waals surface area contributed by atoms with E-state index in [1.165, 1.54) is 0 Å². The van der Waals surface area contributed by atoms with E-state index in [9.17, 15) is 23.3 Å². The lowest BCUT2D eigenvalue weighted by atomic mass is 9.92. The molecular formula is C20H34N4O4S. The van der Waals surface area contributed by atoms with Crippen LogP contribution in [0.5, 0.6) is 0 Å². The molecule has 2 rings (SSSR count). The lowest BCUT2D eigenvalue weighted by Gasteiger charge is -2.27. The molecule has 0 spiro atoms. The minimum Gasteiger partial charge on any atom is -0.356 e. The molecule has 0 radical (unpaired) electrons. The quantitative estimate of drug-likeness (QED) is 0.516. The van der Waals surface area contributed by atoms with Gasteiger partial charge in [-0.3, -0.25) is 9.59 Å². The first-order valence-electron chi connectivity index (χ1n) is 10.7. The Morgan fingerprint density at radius 3 is 2.48 bits per heavy atom. The van der Waals surface area contributed by atoms with Gasteiger partial charge in [0.05, 0.1) is 11.3 Å². The van der Waals surface area contributed by atoms with E-state index in [1.54, 1.807) is 0 Å². The van der Waals surface area contributed by atoms with Crippen LogP contribution >= 0.6 is 0 Å². The predicted molar refractivity (Wildman–Crippen MR) is 110 cm³/mol. The topological polar surface area (TPSA) is 128 Å². The molecular weight excluding hydrogens is 392 g/mol. The van der Waals surface area contributed by atoms with E-state index in [1.807, 2.05) is 19.9 Å². The summed E-state index contributed by atoms with van der Waals surface area (Å²) < 4.78 is 28.2. The van der Waals surface area contributed by atoms with Gasteiger partial charge in [0.25, 0.3) is 0 Å². The molecule has 2 fully saturated rings. The molecule has 0 bridgehead atoms. The minimum absolute atomic E-state index is 0.0949. The lowest BCUT2D eigenvalue weighted by molar-refractivity contribution is -0.128. The van der Waals surface area contributed by atoms with Crippen molar-refractivity contribution in [3.05, 3.63) is 0 Å². The fraction of sp³-hybridized carbons (Fsp3) is 0.850. The molecule has 2 aliphatic rings. The Hall–Kier alpha value is -1.66. The van der Waals surface area contributed by atoms with Gasteiger partial charge in [-0.15, -0.1) is 0 Å². The fourth-order valence-corrected chi connectivity index (χ4v) is 5.86. The highest BCUT2D eigenvalue weighted by atomic mass is 32.2. The number of nitrogens with one attached hydrogen (secondary N) is 3. The summed E-state index contributed by atoms with van der Waals surface area (Å²) >= 11 is 0. The third kappa shape index (κ3) is 7.27. The van der Waals surface area contributed by atoms with E-state index in [-0.39, 0.29) is 24.2 Å². The van der Waals surface area contributed by atoms with Gasteiger partial charge in [-0.05, 0) is 44.4 Å². The summed E-state index contributed by atoms with van der Waals surface area (Å²) in [6.07, 6.45) is 6.15. The van der Waals surface area contributed by atoms with Gasteiger partial charge < -0.3 is 10.6 Å². The molecule has 29 heavy (non-hydrogen) atoms. The Kier molecular flexibility index (Phi) is 8.90. The zero-order chi connectivity index (χ0) is 21.4. The number of piperidine rings is 1. The number of nitriles is 1. The van der Waals surface area contributed by atoms with Crippen molar-refractivity contribution in [2.24, 2.45) is 11.8 Å². The van der Waals surface area contributed by atoms with E-state index in [0.29, 0.717) is 32.2 Å². The van der Waals surface area contributed by atoms with Crippen LogP contribution in [0, 0.1) is 23.2 Å². The van der Waals surface area contributed by atoms with Crippen molar-refractivity contribution >= 4 is 21.8 Å². The van der Waals surface area contributed by atoms with E-state index < -0.39 is 33.3 Å². The van der Waals surface area contributed by atoms with Crippen molar-refractivity contribution in [1.82, 2.24) is 15.4 Å². The number of sulfonamides is 1. The zero-order valence-electron chi connectivity index (χ0n) is 17.4. The van der Waals surface area contributed by atoms with E-state index in [0.717, 1.165) is 25.7 Å². The highest BCUT2D eigenvalue weighted by Gasteiger charge is 2.33. The van der Waals surface area contributed by atoms with Crippen LogP contribution in [0.25, 0.3) is 0 Å². The second-order valence-electron chi connectivity index (χ2n) is 8.66. The van der Waals surface area contributed by atoms with Crippen LogP contribution in [0.1, 0.15) is 71.6 Å². The molecule has 0 aromatic rings. The summed E-state index contributed by atoms with van der Waals surface area (Å²) in [7, 11) is -3.61. The maximum atomic E-state index is 12.8. The van der Waals surface area contributed by atoms with Crippen LogP contribution in [-0.2, 0) is 19.6 Å². The molecule has 8 nitrogen and oxygen atoms in total. The number of nitrogens with zero attached hydrogens (tertiary/aromatic N) is 1. The predicted octanol–water partition coefficient (Wildman–Crippen LogP) is 1.58. The van der Waals surface area contributed by atoms with Crippen LogP contribution in [-0.4, -0.2) is 44.1 Å². The molecule has 1 saturated heterocycles. The minimum atomic E-state index is -3.61. The van der Waals surface area contributed by atoms with Crippen molar-refractivity contribution in [2.45, 2.75) is 89.0 Å². The Morgan fingerprint density at radius 2 is 1.90 bits per heavy atom. The summed E-state index contributed by atoms with van der Waals surface area (Å²) in [4.78, 5) is 24.8. The van der Waals surface area contributed by atoms with E-state index in [2.05, 4.69) is 15.4 Å². The molecule has 0 unspecified atom stereocenters.